The van der Waals surface area contributed by atoms with Crippen LogP contribution >= 0.6 is 0 Å². The van der Waals surface area contributed by atoms with Crippen LogP contribution in [0, 0.1) is 6.92 Å². The average Bonchev–Trinajstić information content (AvgIpc) is 2.79. The summed E-state index contributed by atoms with van der Waals surface area (Å²) in [6.45, 7) is 3.26. The highest BCUT2D eigenvalue weighted by Crippen LogP contribution is 2.15. The highest BCUT2D eigenvalue weighted by Gasteiger charge is 2.10. The van der Waals surface area contributed by atoms with Crippen molar-refractivity contribution in [3.8, 4) is 0 Å². The third-order valence-corrected chi connectivity index (χ3v) is 3.23. The lowest BCUT2D eigenvalue weighted by molar-refractivity contribution is 0.737. The number of pyridine rings is 1. The van der Waals surface area contributed by atoms with E-state index in [0.717, 1.165) is 23.5 Å². The molecule has 0 radical (unpaired) electrons. The molecule has 4 heteroatoms. The number of nitrogens with zero attached hydrogens (tertiary/aromatic N) is 3. The van der Waals surface area contributed by atoms with Crippen LogP contribution in [0.4, 0.5) is 0 Å². The van der Waals surface area contributed by atoms with Crippen molar-refractivity contribution >= 4 is 11.2 Å². The topological polar surface area (TPSA) is 56.7 Å². The van der Waals surface area contributed by atoms with Crippen LogP contribution in [-0.2, 0) is 13.1 Å². The molecular formula is C15H16N4. The van der Waals surface area contributed by atoms with Crippen LogP contribution in [0.5, 0.6) is 0 Å². The number of rotatable bonds is 3. The van der Waals surface area contributed by atoms with Crippen LogP contribution in [0.1, 0.15) is 17.0 Å². The first-order valence-electron chi connectivity index (χ1n) is 6.33. The highest BCUT2D eigenvalue weighted by atomic mass is 15.1. The molecule has 2 heterocycles. The largest absolute Gasteiger partial charge is 0.324 e. The molecule has 3 aromatic rings. The van der Waals surface area contributed by atoms with Crippen LogP contribution in [-0.4, -0.2) is 14.5 Å². The fourth-order valence-electron chi connectivity index (χ4n) is 2.20. The molecule has 0 bridgehead atoms. The molecule has 1 aromatic carbocycles. The summed E-state index contributed by atoms with van der Waals surface area (Å²) in [7, 11) is 0. The minimum Gasteiger partial charge on any atom is -0.324 e. The fourth-order valence-corrected chi connectivity index (χ4v) is 2.20. The first-order chi connectivity index (χ1) is 9.28. The number of hydrogen-bond donors (Lipinski definition) is 1. The Kier molecular flexibility index (Phi) is 3.01. The van der Waals surface area contributed by atoms with Gasteiger partial charge in [-0.15, -0.1) is 0 Å². The second kappa shape index (κ2) is 4.82. The number of hydrogen-bond acceptors (Lipinski definition) is 3. The van der Waals surface area contributed by atoms with Crippen molar-refractivity contribution in [3.63, 3.8) is 0 Å². The lowest BCUT2D eigenvalue weighted by atomic mass is 10.1. The maximum atomic E-state index is 5.78. The van der Waals surface area contributed by atoms with Gasteiger partial charge in [0.05, 0.1) is 13.1 Å². The first kappa shape index (κ1) is 11.9. The lowest BCUT2D eigenvalue weighted by Crippen LogP contribution is -2.09. The van der Waals surface area contributed by atoms with E-state index in [1.165, 1.54) is 11.1 Å². The summed E-state index contributed by atoms with van der Waals surface area (Å²) in [5, 5.41) is 0. The number of nitrogens with two attached hydrogens (primary N) is 1. The van der Waals surface area contributed by atoms with Gasteiger partial charge in [0.15, 0.2) is 5.65 Å². The molecule has 0 unspecified atom stereocenters. The predicted molar refractivity (Wildman–Crippen MR) is 75.7 cm³/mol. The minimum absolute atomic E-state index is 0.419. The minimum atomic E-state index is 0.419. The molecule has 19 heavy (non-hydrogen) atoms. The monoisotopic (exact) mass is 252 g/mol. The van der Waals surface area contributed by atoms with E-state index >= 15 is 0 Å². The van der Waals surface area contributed by atoms with Gasteiger partial charge in [0.2, 0.25) is 0 Å². The van der Waals surface area contributed by atoms with Crippen LogP contribution in [0.25, 0.3) is 11.2 Å². The normalized spacial score (nSPS) is 11.1. The Labute approximate surface area is 111 Å². The number of aryl methyl sites for hydroxylation is 1. The van der Waals surface area contributed by atoms with Gasteiger partial charge in [-0.1, -0.05) is 29.8 Å². The second-order valence-corrected chi connectivity index (χ2v) is 4.65. The van der Waals surface area contributed by atoms with Crippen molar-refractivity contribution in [3.05, 3.63) is 59.5 Å². The van der Waals surface area contributed by atoms with Crippen molar-refractivity contribution in [1.82, 2.24) is 14.5 Å². The Morgan fingerprint density at radius 2 is 1.95 bits per heavy atom. The van der Waals surface area contributed by atoms with Gasteiger partial charge in [-0.2, -0.15) is 0 Å². The van der Waals surface area contributed by atoms with E-state index < -0.39 is 0 Å². The Hall–Kier alpha value is -2.20. The summed E-state index contributed by atoms with van der Waals surface area (Å²) in [6.07, 6.45) is 1.79. The van der Waals surface area contributed by atoms with E-state index in [1.54, 1.807) is 6.20 Å². The molecule has 96 valence electrons. The molecule has 0 fully saturated rings. The van der Waals surface area contributed by atoms with Crippen molar-refractivity contribution < 1.29 is 0 Å². The SMILES string of the molecule is Cc1ccc(Cn2c(CN)nc3cccnc32)cc1. The third-order valence-electron chi connectivity index (χ3n) is 3.23. The van der Waals surface area contributed by atoms with Gasteiger partial charge in [-0.3, -0.25) is 0 Å². The molecule has 0 aliphatic rings. The summed E-state index contributed by atoms with van der Waals surface area (Å²) < 4.78 is 2.08. The van der Waals surface area contributed by atoms with Gasteiger partial charge in [-0.05, 0) is 24.6 Å². The fraction of sp³-hybridized carbons (Fsp3) is 0.200. The first-order valence-corrected chi connectivity index (χ1v) is 6.33. The maximum Gasteiger partial charge on any atom is 0.160 e. The van der Waals surface area contributed by atoms with Gasteiger partial charge < -0.3 is 10.3 Å². The maximum absolute atomic E-state index is 5.78. The lowest BCUT2D eigenvalue weighted by Gasteiger charge is -2.07. The summed E-state index contributed by atoms with van der Waals surface area (Å²) in [6, 6.07) is 12.3. The quantitative estimate of drug-likeness (QED) is 0.777. The Morgan fingerprint density at radius 1 is 1.16 bits per heavy atom. The van der Waals surface area contributed by atoms with Crippen LogP contribution in [0.3, 0.4) is 0 Å². The number of fused-ring (bicyclic) bond motifs is 1. The van der Waals surface area contributed by atoms with Gasteiger partial charge in [0.1, 0.15) is 11.3 Å². The highest BCUT2D eigenvalue weighted by molar-refractivity contribution is 5.71. The molecule has 0 aliphatic heterocycles. The molecular weight excluding hydrogens is 236 g/mol. The van der Waals surface area contributed by atoms with E-state index in [0.29, 0.717) is 6.54 Å². The number of benzene rings is 1. The van der Waals surface area contributed by atoms with E-state index in [1.807, 2.05) is 12.1 Å². The average molecular weight is 252 g/mol. The van der Waals surface area contributed by atoms with Gasteiger partial charge in [-0.25, -0.2) is 9.97 Å². The standard InChI is InChI=1S/C15H16N4/c1-11-4-6-12(7-5-11)10-19-14(9-16)18-13-3-2-8-17-15(13)19/h2-8H,9-10,16H2,1H3. The van der Waals surface area contributed by atoms with Crippen molar-refractivity contribution in [2.24, 2.45) is 5.73 Å². The third kappa shape index (κ3) is 2.22. The summed E-state index contributed by atoms with van der Waals surface area (Å²) >= 11 is 0. The second-order valence-electron chi connectivity index (χ2n) is 4.65. The summed E-state index contributed by atoms with van der Waals surface area (Å²) in [4.78, 5) is 8.93. The molecule has 0 spiro atoms. The zero-order chi connectivity index (χ0) is 13.2. The van der Waals surface area contributed by atoms with Crippen molar-refractivity contribution in [2.45, 2.75) is 20.0 Å². The Balaban J connectivity index is 2.06. The molecule has 4 nitrogen and oxygen atoms in total. The zero-order valence-corrected chi connectivity index (χ0v) is 10.9. The van der Waals surface area contributed by atoms with Gasteiger partial charge in [0, 0.05) is 6.20 Å². The van der Waals surface area contributed by atoms with Crippen LogP contribution in [0.2, 0.25) is 0 Å². The van der Waals surface area contributed by atoms with Crippen molar-refractivity contribution in [2.75, 3.05) is 0 Å². The molecule has 0 saturated heterocycles. The molecule has 0 saturated carbocycles. The van der Waals surface area contributed by atoms with Crippen LogP contribution < -0.4 is 5.73 Å². The Morgan fingerprint density at radius 3 is 2.68 bits per heavy atom. The van der Waals surface area contributed by atoms with E-state index in [9.17, 15) is 0 Å². The molecule has 0 atom stereocenters. The van der Waals surface area contributed by atoms with E-state index in [2.05, 4.69) is 45.7 Å². The molecule has 0 amide bonds. The molecule has 0 aliphatic carbocycles. The van der Waals surface area contributed by atoms with Crippen LogP contribution in [0.15, 0.2) is 42.6 Å². The molecule has 2 aromatic heterocycles. The zero-order valence-electron chi connectivity index (χ0n) is 10.9. The Bertz CT molecular complexity index is 698. The molecule has 3 rings (SSSR count). The van der Waals surface area contributed by atoms with E-state index in [4.69, 9.17) is 5.73 Å². The summed E-state index contributed by atoms with van der Waals surface area (Å²) in [5.41, 5.74) is 10.1. The van der Waals surface area contributed by atoms with Gasteiger partial charge in [0.25, 0.3) is 0 Å². The predicted octanol–water partition coefficient (Wildman–Crippen LogP) is 2.25. The number of aromatic nitrogens is 3. The summed E-state index contributed by atoms with van der Waals surface area (Å²) in [5.74, 6) is 0.870. The number of imidazole rings is 1. The van der Waals surface area contributed by atoms with Gasteiger partial charge >= 0.3 is 0 Å². The van der Waals surface area contributed by atoms with E-state index in [-0.39, 0.29) is 0 Å². The smallest absolute Gasteiger partial charge is 0.160 e. The van der Waals surface area contributed by atoms with Crippen molar-refractivity contribution in [1.29, 1.82) is 0 Å². The molecule has 2 N–H and O–H groups in total.